The van der Waals surface area contributed by atoms with Gasteiger partial charge in [0.05, 0.1) is 24.4 Å². The Kier molecular flexibility index (Phi) is 4.66. The van der Waals surface area contributed by atoms with Crippen molar-refractivity contribution in [2.45, 2.75) is 0 Å². The van der Waals surface area contributed by atoms with Crippen LogP contribution in [-0.4, -0.2) is 27.6 Å². The molecule has 0 saturated heterocycles. The highest BCUT2D eigenvalue weighted by molar-refractivity contribution is 6.12. The van der Waals surface area contributed by atoms with Gasteiger partial charge in [-0.2, -0.15) is 5.10 Å². The van der Waals surface area contributed by atoms with Gasteiger partial charge in [-0.3, -0.25) is 14.9 Å². The summed E-state index contributed by atoms with van der Waals surface area (Å²) >= 11 is 0. The lowest BCUT2D eigenvalue weighted by atomic mass is 10.0. The second-order valence-electron chi connectivity index (χ2n) is 6.12. The van der Waals surface area contributed by atoms with E-state index in [1.54, 1.807) is 61.8 Å². The summed E-state index contributed by atoms with van der Waals surface area (Å²) in [7, 11) is 1.57. The minimum Gasteiger partial charge on any atom is -0.497 e. The molecule has 144 valence electrons. The van der Waals surface area contributed by atoms with Crippen molar-refractivity contribution < 1.29 is 18.9 Å². The van der Waals surface area contributed by atoms with Crippen molar-refractivity contribution in [3.05, 3.63) is 94.2 Å². The quantitative estimate of drug-likeness (QED) is 0.277. The third-order valence-electron chi connectivity index (χ3n) is 4.34. The number of aromatic nitrogens is 2. The fourth-order valence-corrected chi connectivity index (χ4v) is 2.89. The summed E-state index contributed by atoms with van der Waals surface area (Å²) in [6.45, 7) is 0. The zero-order valence-corrected chi connectivity index (χ0v) is 15.3. The van der Waals surface area contributed by atoms with Gasteiger partial charge in [-0.05, 0) is 30.3 Å². The largest absolute Gasteiger partial charge is 0.497 e. The molecule has 8 nitrogen and oxygen atoms in total. The molecule has 0 fully saturated rings. The van der Waals surface area contributed by atoms with Gasteiger partial charge in [-0.25, -0.2) is 4.68 Å². The molecule has 0 spiro atoms. The molecule has 2 heterocycles. The molecule has 4 aromatic rings. The van der Waals surface area contributed by atoms with Crippen LogP contribution in [0.3, 0.4) is 0 Å². The number of hydrogen-bond donors (Lipinski definition) is 0. The summed E-state index contributed by atoms with van der Waals surface area (Å²) in [4.78, 5) is 23.4. The zero-order valence-electron chi connectivity index (χ0n) is 15.3. The average molecular weight is 389 g/mol. The van der Waals surface area contributed by atoms with E-state index in [0.717, 1.165) is 0 Å². The second-order valence-corrected chi connectivity index (χ2v) is 6.12. The molecule has 0 bridgehead atoms. The molecule has 0 atom stereocenters. The fourth-order valence-electron chi connectivity index (χ4n) is 2.89. The molecule has 0 amide bonds. The Labute approximate surface area is 165 Å². The number of ketones is 1. The minimum absolute atomic E-state index is 0.142. The van der Waals surface area contributed by atoms with Gasteiger partial charge < -0.3 is 9.15 Å². The number of nitro groups is 1. The summed E-state index contributed by atoms with van der Waals surface area (Å²) in [6.07, 6.45) is 1.58. The molecule has 0 aliphatic carbocycles. The van der Waals surface area contributed by atoms with E-state index >= 15 is 0 Å². The van der Waals surface area contributed by atoms with Gasteiger partial charge in [0, 0.05) is 11.8 Å². The van der Waals surface area contributed by atoms with Crippen LogP contribution < -0.4 is 4.74 Å². The fraction of sp³-hybridized carbons (Fsp3) is 0.0476. The first-order valence-corrected chi connectivity index (χ1v) is 8.65. The van der Waals surface area contributed by atoms with E-state index in [1.165, 1.54) is 16.8 Å². The normalized spacial score (nSPS) is 10.7. The second kappa shape index (κ2) is 7.43. The van der Waals surface area contributed by atoms with Crippen molar-refractivity contribution in [2.75, 3.05) is 7.11 Å². The number of rotatable bonds is 6. The third-order valence-corrected chi connectivity index (χ3v) is 4.34. The number of ether oxygens (including phenoxy) is 1. The SMILES string of the molecule is COc1ccc(-n2cc(C(=O)c3ccccc3)c(-c3ccc([N+](=O)[O-])o3)n2)cc1. The van der Waals surface area contributed by atoms with Crippen molar-refractivity contribution in [3.63, 3.8) is 0 Å². The number of carbonyl (C=O) groups is 1. The van der Waals surface area contributed by atoms with E-state index in [-0.39, 0.29) is 22.8 Å². The van der Waals surface area contributed by atoms with Gasteiger partial charge in [0.2, 0.25) is 0 Å². The zero-order chi connectivity index (χ0) is 20.4. The smallest absolute Gasteiger partial charge is 0.433 e. The topological polar surface area (TPSA) is 100 Å². The first kappa shape index (κ1) is 18.2. The monoisotopic (exact) mass is 389 g/mol. The van der Waals surface area contributed by atoms with E-state index < -0.39 is 10.8 Å². The van der Waals surface area contributed by atoms with Crippen molar-refractivity contribution in [3.8, 4) is 22.9 Å². The molecule has 0 unspecified atom stereocenters. The third kappa shape index (κ3) is 3.51. The van der Waals surface area contributed by atoms with Crippen molar-refractivity contribution in [1.82, 2.24) is 9.78 Å². The summed E-state index contributed by atoms with van der Waals surface area (Å²) in [5.74, 6) is 0.142. The van der Waals surface area contributed by atoms with E-state index in [9.17, 15) is 14.9 Å². The van der Waals surface area contributed by atoms with Crippen molar-refractivity contribution >= 4 is 11.7 Å². The molecule has 0 aliphatic rings. The highest BCUT2D eigenvalue weighted by Gasteiger charge is 2.24. The number of benzene rings is 2. The predicted molar refractivity (Wildman–Crippen MR) is 104 cm³/mol. The van der Waals surface area contributed by atoms with Gasteiger partial charge in [0.15, 0.2) is 11.5 Å². The van der Waals surface area contributed by atoms with Gasteiger partial charge in [0.25, 0.3) is 0 Å². The standard InChI is InChI=1S/C21H15N3O5/c1-28-16-9-7-15(8-10-16)23-13-17(21(25)14-5-3-2-4-6-14)20(22-23)18-11-12-19(29-18)24(26)27/h2-13H,1H3. The minimum atomic E-state index is -0.636. The van der Waals surface area contributed by atoms with Crippen LogP contribution in [0, 0.1) is 10.1 Å². The highest BCUT2D eigenvalue weighted by atomic mass is 16.6. The predicted octanol–water partition coefficient (Wildman–Crippen LogP) is 4.28. The molecular formula is C21H15N3O5. The van der Waals surface area contributed by atoms with E-state index in [0.29, 0.717) is 17.0 Å². The summed E-state index contributed by atoms with van der Waals surface area (Å²) in [5.41, 5.74) is 1.67. The number of hydrogen-bond acceptors (Lipinski definition) is 6. The molecule has 29 heavy (non-hydrogen) atoms. The number of nitrogens with zero attached hydrogens (tertiary/aromatic N) is 3. The highest BCUT2D eigenvalue weighted by Crippen LogP contribution is 2.30. The maximum Gasteiger partial charge on any atom is 0.433 e. The molecule has 0 radical (unpaired) electrons. The van der Waals surface area contributed by atoms with Crippen LogP contribution in [0.25, 0.3) is 17.1 Å². The van der Waals surface area contributed by atoms with Crippen molar-refractivity contribution in [1.29, 1.82) is 0 Å². The van der Waals surface area contributed by atoms with Gasteiger partial charge in [0.1, 0.15) is 16.4 Å². The maximum absolute atomic E-state index is 13.1. The summed E-state index contributed by atoms with van der Waals surface area (Å²) < 4.78 is 12.0. The lowest BCUT2D eigenvalue weighted by Gasteiger charge is -2.03. The molecule has 0 aliphatic heterocycles. The van der Waals surface area contributed by atoms with Crippen molar-refractivity contribution in [2.24, 2.45) is 0 Å². The Bertz CT molecular complexity index is 1180. The van der Waals surface area contributed by atoms with Crippen LogP contribution in [0.15, 0.2) is 77.3 Å². The van der Waals surface area contributed by atoms with E-state index in [1.807, 2.05) is 6.07 Å². The first-order valence-electron chi connectivity index (χ1n) is 8.65. The molecule has 4 rings (SSSR count). The number of furan rings is 1. The lowest BCUT2D eigenvalue weighted by molar-refractivity contribution is -0.401. The van der Waals surface area contributed by atoms with Crippen LogP contribution in [-0.2, 0) is 0 Å². The van der Waals surface area contributed by atoms with Gasteiger partial charge >= 0.3 is 5.88 Å². The molecule has 2 aromatic carbocycles. The lowest BCUT2D eigenvalue weighted by Crippen LogP contribution is -2.01. The Morgan fingerprint density at radius 1 is 1.07 bits per heavy atom. The molecule has 2 aromatic heterocycles. The average Bonchev–Trinajstić information content (AvgIpc) is 3.41. The first-order chi connectivity index (χ1) is 14.1. The van der Waals surface area contributed by atoms with Crippen LogP contribution >= 0.6 is 0 Å². The van der Waals surface area contributed by atoms with E-state index in [2.05, 4.69) is 5.10 Å². The van der Waals surface area contributed by atoms with Crippen LogP contribution in [0.5, 0.6) is 5.75 Å². The van der Waals surface area contributed by atoms with Gasteiger partial charge in [-0.15, -0.1) is 0 Å². The van der Waals surface area contributed by atoms with Crippen LogP contribution in [0.4, 0.5) is 5.88 Å². The molecular weight excluding hydrogens is 374 g/mol. The Morgan fingerprint density at radius 2 is 1.79 bits per heavy atom. The van der Waals surface area contributed by atoms with Gasteiger partial charge in [-0.1, -0.05) is 30.3 Å². The Morgan fingerprint density at radius 3 is 2.41 bits per heavy atom. The van der Waals surface area contributed by atoms with Crippen LogP contribution in [0.2, 0.25) is 0 Å². The molecule has 0 saturated carbocycles. The van der Waals surface area contributed by atoms with Crippen LogP contribution in [0.1, 0.15) is 15.9 Å². The molecule has 0 N–H and O–H groups in total. The Hall–Kier alpha value is -4.20. The Balaban J connectivity index is 1.83. The number of carbonyl (C=O) groups excluding carboxylic acids is 1. The van der Waals surface area contributed by atoms with E-state index in [4.69, 9.17) is 9.15 Å². The maximum atomic E-state index is 13.1. The summed E-state index contributed by atoms with van der Waals surface area (Å²) in [5, 5.41) is 15.4. The summed E-state index contributed by atoms with van der Waals surface area (Å²) in [6, 6.07) is 18.5. The number of methoxy groups -OCH3 is 1. The molecule has 8 heteroatoms.